The second-order valence-electron chi connectivity index (χ2n) is 5.50. The highest BCUT2D eigenvalue weighted by atomic mass is 16.2. The van der Waals surface area contributed by atoms with Gasteiger partial charge in [-0.15, -0.1) is 0 Å². The molecule has 0 aliphatic heterocycles. The van der Waals surface area contributed by atoms with E-state index < -0.39 is 5.91 Å². The second-order valence-corrected chi connectivity index (χ2v) is 5.50. The molecule has 7 heteroatoms. The van der Waals surface area contributed by atoms with Gasteiger partial charge in [0.1, 0.15) is 5.69 Å². The van der Waals surface area contributed by atoms with Crippen molar-refractivity contribution in [2.45, 2.75) is 6.54 Å². The van der Waals surface area contributed by atoms with Crippen molar-refractivity contribution in [3.63, 3.8) is 0 Å². The van der Waals surface area contributed by atoms with Gasteiger partial charge < -0.3 is 9.88 Å². The van der Waals surface area contributed by atoms with Crippen molar-refractivity contribution in [2.75, 3.05) is 5.32 Å². The first-order valence-corrected chi connectivity index (χ1v) is 7.63. The molecule has 0 atom stereocenters. The van der Waals surface area contributed by atoms with Crippen LogP contribution in [-0.2, 0) is 13.6 Å². The highest BCUT2D eigenvalue weighted by Gasteiger charge is 2.09. The molecular formula is C18H16N4O3. The third kappa shape index (κ3) is 3.89. The summed E-state index contributed by atoms with van der Waals surface area (Å²) in [5.74, 6) is -0.400. The van der Waals surface area contributed by atoms with E-state index in [0.717, 1.165) is 10.2 Å². The summed E-state index contributed by atoms with van der Waals surface area (Å²) < 4.78 is 2.71. The van der Waals surface area contributed by atoms with Crippen LogP contribution in [-0.4, -0.2) is 20.3 Å². The maximum Gasteiger partial charge on any atom is 0.276 e. The van der Waals surface area contributed by atoms with E-state index in [4.69, 9.17) is 0 Å². The first-order chi connectivity index (χ1) is 12.0. The van der Waals surface area contributed by atoms with Crippen LogP contribution in [0.2, 0.25) is 0 Å². The van der Waals surface area contributed by atoms with E-state index in [0.29, 0.717) is 12.2 Å². The fourth-order valence-corrected chi connectivity index (χ4v) is 2.30. The topological polar surface area (TPSA) is 86.0 Å². The first-order valence-electron chi connectivity index (χ1n) is 7.63. The minimum Gasteiger partial charge on any atom is -0.321 e. The minimum absolute atomic E-state index is 0.0688. The summed E-state index contributed by atoms with van der Waals surface area (Å²) in [6, 6.07) is 14.9. The summed E-state index contributed by atoms with van der Waals surface area (Å²) in [6.45, 7) is 0.455. The summed E-state index contributed by atoms with van der Waals surface area (Å²) >= 11 is 0. The quantitative estimate of drug-likeness (QED) is 0.777. The van der Waals surface area contributed by atoms with Gasteiger partial charge in [-0.1, -0.05) is 18.2 Å². The molecule has 0 bridgehead atoms. The molecule has 1 aromatic carbocycles. The fraction of sp³-hybridized carbons (Fsp3) is 0.111. The molecule has 25 heavy (non-hydrogen) atoms. The van der Waals surface area contributed by atoms with Crippen LogP contribution in [0.15, 0.2) is 70.4 Å². The monoisotopic (exact) mass is 336 g/mol. The second kappa shape index (κ2) is 6.96. The van der Waals surface area contributed by atoms with E-state index in [1.165, 1.54) is 25.2 Å². The van der Waals surface area contributed by atoms with E-state index in [1.807, 2.05) is 12.1 Å². The summed E-state index contributed by atoms with van der Waals surface area (Å²) in [5.41, 5.74) is 1.34. The van der Waals surface area contributed by atoms with Gasteiger partial charge in [-0.05, 0) is 29.8 Å². The minimum atomic E-state index is -0.400. The lowest BCUT2D eigenvalue weighted by atomic mass is 10.2. The zero-order valence-electron chi connectivity index (χ0n) is 13.5. The lowest BCUT2D eigenvalue weighted by molar-refractivity contribution is 0.102. The van der Waals surface area contributed by atoms with Gasteiger partial charge in [-0.25, -0.2) is 4.68 Å². The maximum atomic E-state index is 12.2. The van der Waals surface area contributed by atoms with Crippen molar-refractivity contribution in [2.24, 2.45) is 7.05 Å². The zero-order valence-corrected chi connectivity index (χ0v) is 13.5. The summed E-state index contributed by atoms with van der Waals surface area (Å²) in [7, 11) is 1.49. The molecular weight excluding hydrogens is 320 g/mol. The van der Waals surface area contributed by atoms with Gasteiger partial charge in [0, 0.05) is 31.1 Å². The predicted molar refractivity (Wildman–Crippen MR) is 93.7 cm³/mol. The van der Waals surface area contributed by atoms with Crippen LogP contribution in [0, 0.1) is 0 Å². The number of aromatic nitrogens is 3. The smallest absolute Gasteiger partial charge is 0.276 e. The molecule has 126 valence electrons. The van der Waals surface area contributed by atoms with E-state index >= 15 is 0 Å². The van der Waals surface area contributed by atoms with Crippen LogP contribution in [0.4, 0.5) is 5.69 Å². The Morgan fingerprint density at radius 3 is 2.44 bits per heavy atom. The SMILES string of the molecule is Cn1nc(C(=O)Nc2ccc(Cn3ccccc3=O)cc2)ccc1=O. The molecule has 0 saturated carbocycles. The van der Waals surface area contributed by atoms with E-state index in [1.54, 1.807) is 35.0 Å². The van der Waals surface area contributed by atoms with Gasteiger partial charge >= 0.3 is 0 Å². The molecule has 0 saturated heterocycles. The molecule has 1 N–H and O–H groups in total. The lowest BCUT2D eigenvalue weighted by Gasteiger charge is -2.08. The molecule has 2 heterocycles. The molecule has 3 rings (SSSR count). The van der Waals surface area contributed by atoms with Gasteiger partial charge in [-0.2, -0.15) is 5.10 Å². The largest absolute Gasteiger partial charge is 0.321 e. The molecule has 0 aliphatic rings. The Bertz CT molecular complexity index is 1020. The number of hydrogen-bond acceptors (Lipinski definition) is 4. The van der Waals surface area contributed by atoms with E-state index in [-0.39, 0.29) is 16.8 Å². The van der Waals surface area contributed by atoms with Crippen LogP contribution in [0.25, 0.3) is 0 Å². The Kier molecular flexibility index (Phi) is 4.56. The summed E-state index contributed by atoms with van der Waals surface area (Å²) in [6.07, 6.45) is 1.73. The number of carbonyl (C=O) groups excluding carboxylic acids is 1. The number of pyridine rings is 1. The molecule has 0 aliphatic carbocycles. The Morgan fingerprint density at radius 2 is 1.76 bits per heavy atom. The van der Waals surface area contributed by atoms with Gasteiger partial charge in [0.05, 0.1) is 6.54 Å². The first kappa shape index (κ1) is 16.4. The molecule has 0 fully saturated rings. The fourth-order valence-electron chi connectivity index (χ4n) is 2.30. The van der Waals surface area contributed by atoms with Crippen molar-refractivity contribution in [3.05, 3.63) is 92.8 Å². The molecule has 0 spiro atoms. The van der Waals surface area contributed by atoms with E-state index in [9.17, 15) is 14.4 Å². The Hall–Kier alpha value is -3.48. The maximum absolute atomic E-state index is 12.2. The average molecular weight is 336 g/mol. The van der Waals surface area contributed by atoms with Gasteiger partial charge in [0.2, 0.25) is 0 Å². The zero-order chi connectivity index (χ0) is 17.8. The molecule has 3 aromatic rings. The lowest BCUT2D eigenvalue weighted by Crippen LogP contribution is -2.23. The van der Waals surface area contributed by atoms with Crippen LogP contribution in [0.3, 0.4) is 0 Å². The predicted octanol–water partition coefficient (Wildman–Crippen LogP) is 1.24. The van der Waals surface area contributed by atoms with Crippen molar-refractivity contribution in [3.8, 4) is 0 Å². The molecule has 2 aromatic heterocycles. The third-order valence-corrected chi connectivity index (χ3v) is 3.66. The number of carbonyl (C=O) groups is 1. The van der Waals surface area contributed by atoms with Gasteiger partial charge in [0.15, 0.2) is 0 Å². The standard InChI is InChI=1S/C18H16N4O3/c1-21-16(23)10-9-15(20-21)18(25)19-14-7-5-13(6-8-14)12-22-11-3-2-4-17(22)24/h2-11H,12H2,1H3,(H,19,25). The van der Waals surface area contributed by atoms with Crippen LogP contribution in [0.1, 0.15) is 16.1 Å². The molecule has 7 nitrogen and oxygen atoms in total. The normalized spacial score (nSPS) is 10.4. The number of hydrogen-bond donors (Lipinski definition) is 1. The number of amides is 1. The molecule has 1 amide bonds. The van der Waals surface area contributed by atoms with Crippen LogP contribution >= 0.6 is 0 Å². The number of benzene rings is 1. The van der Waals surface area contributed by atoms with Gasteiger partial charge in [-0.3, -0.25) is 14.4 Å². The number of anilines is 1. The third-order valence-electron chi connectivity index (χ3n) is 3.66. The van der Waals surface area contributed by atoms with Crippen molar-refractivity contribution in [1.29, 1.82) is 0 Å². The number of nitrogens with zero attached hydrogens (tertiary/aromatic N) is 3. The molecule has 0 radical (unpaired) electrons. The average Bonchev–Trinajstić information content (AvgIpc) is 2.61. The van der Waals surface area contributed by atoms with Crippen molar-refractivity contribution < 1.29 is 4.79 Å². The Morgan fingerprint density at radius 1 is 1.00 bits per heavy atom. The van der Waals surface area contributed by atoms with Crippen molar-refractivity contribution in [1.82, 2.24) is 14.3 Å². The van der Waals surface area contributed by atoms with Gasteiger partial charge in [0.25, 0.3) is 17.0 Å². The van der Waals surface area contributed by atoms with Crippen LogP contribution in [0.5, 0.6) is 0 Å². The number of aryl methyl sites for hydroxylation is 1. The van der Waals surface area contributed by atoms with Crippen LogP contribution < -0.4 is 16.4 Å². The summed E-state index contributed by atoms with van der Waals surface area (Å²) in [5, 5.41) is 6.63. The Balaban J connectivity index is 1.71. The highest BCUT2D eigenvalue weighted by Crippen LogP contribution is 2.11. The Labute approximate surface area is 143 Å². The number of rotatable bonds is 4. The highest BCUT2D eigenvalue weighted by molar-refractivity contribution is 6.02. The van der Waals surface area contributed by atoms with Crippen molar-refractivity contribution >= 4 is 11.6 Å². The van der Waals surface area contributed by atoms with E-state index in [2.05, 4.69) is 10.4 Å². The summed E-state index contributed by atoms with van der Waals surface area (Å²) in [4.78, 5) is 35.2. The number of nitrogens with one attached hydrogen (secondary N) is 1. The molecule has 0 unspecified atom stereocenters.